The molecule has 0 amide bonds. The van der Waals surface area contributed by atoms with Gasteiger partial charge in [0, 0.05) is 23.9 Å². The van der Waals surface area contributed by atoms with Gasteiger partial charge in [0.15, 0.2) is 0 Å². The minimum absolute atomic E-state index is 0.164. The Morgan fingerprint density at radius 3 is 2.64 bits per heavy atom. The fourth-order valence-corrected chi connectivity index (χ4v) is 3.79. The number of halogens is 3. The molecule has 0 unspecified atom stereocenters. The summed E-state index contributed by atoms with van der Waals surface area (Å²) in [5.41, 5.74) is -1.15. The highest BCUT2D eigenvalue weighted by molar-refractivity contribution is 7.09. The van der Waals surface area contributed by atoms with E-state index in [4.69, 9.17) is 9.63 Å². The fraction of sp³-hybridized carbons (Fsp3) is 0.353. The van der Waals surface area contributed by atoms with Crippen LogP contribution in [0.3, 0.4) is 0 Å². The van der Waals surface area contributed by atoms with E-state index in [2.05, 4.69) is 20.4 Å². The molecular formula is C17H15F3N4O3S. The summed E-state index contributed by atoms with van der Waals surface area (Å²) in [5, 5.41) is 29.1. The second-order valence-corrected chi connectivity index (χ2v) is 7.43. The number of nitrogens with one attached hydrogen (secondary N) is 1. The maximum absolute atomic E-state index is 12.7. The smallest absolute Gasteiger partial charge is 0.389 e. The molecule has 3 N–H and O–H groups in total. The van der Waals surface area contributed by atoms with Gasteiger partial charge in [-0.2, -0.15) is 18.2 Å². The Hall–Kier alpha value is -2.34. The van der Waals surface area contributed by atoms with Crippen LogP contribution in [0.2, 0.25) is 0 Å². The summed E-state index contributed by atoms with van der Waals surface area (Å²) < 4.78 is 43.2. The largest absolute Gasteiger partial charge is 0.416 e. The minimum atomic E-state index is -4.41. The van der Waals surface area contributed by atoms with E-state index in [-0.39, 0.29) is 31.3 Å². The van der Waals surface area contributed by atoms with Crippen molar-refractivity contribution >= 4 is 11.3 Å². The average Bonchev–Trinajstić information content (AvgIpc) is 3.40. The second kappa shape index (κ2) is 6.92. The van der Waals surface area contributed by atoms with Crippen LogP contribution in [0.4, 0.5) is 13.2 Å². The first-order valence-corrected chi connectivity index (χ1v) is 9.19. The van der Waals surface area contributed by atoms with Crippen LogP contribution in [0.25, 0.3) is 11.4 Å². The van der Waals surface area contributed by atoms with Crippen LogP contribution < -0.4 is 5.32 Å². The zero-order valence-electron chi connectivity index (χ0n) is 14.3. The van der Waals surface area contributed by atoms with Crippen LogP contribution in [0.1, 0.15) is 34.6 Å². The fourth-order valence-electron chi connectivity index (χ4n) is 3.04. The average molecular weight is 412 g/mol. The molecule has 0 aliphatic carbocycles. The van der Waals surface area contributed by atoms with Crippen molar-refractivity contribution in [2.24, 2.45) is 0 Å². The lowest BCUT2D eigenvalue weighted by molar-refractivity contribution is -0.137. The number of hydrogen-bond donors (Lipinski definition) is 3. The number of hydrogen-bond acceptors (Lipinski definition) is 8. The molecule has 148 valence electrons. The Balaban J connectivity index is 1.50. The molecule has 11 heteroatoms. The van der Waals surface area contributed by atoms with Crippen molar-refractivity contribution in [1.82, 2.24) is 20.4 Å². The number of aliphatic hydroxyl groups is 2. The van der Waals surface area contributed by atoms with Crippen LogP contribution in [-0.2, 0) is 18.4 Å². The molecule has 1 fully saturated rings. The molecule has 2 aromatic heterocycles. The number of nitrogens with zero attached hydrogens (tertiary/aromatic N) is 3. The lowest BCUT2D eigenvalue weighted by Crippen LogP contribution is -2.28. The van der Waals surface area contributed by atoms with Crippen molar-refractivity contribution in [3.05, 3.63) is 51.8 Å². The molecule has 3 aromatic rings. The topological polar surface area (TPSA) is 104 Å². The van der Waals surface area contributed by atoms with Gasteiger partial charge in [0.2, 0.25) is 11.7 Å². The van der Waals surface area contributed by atoms with E-state index < -0.39 is 23.4 Å². The first-order chi connectivity index (χ1) is 13.3. The Kier molecular flexibility index (Phi) is 4.70. The number of aliphatic hydroxyl groups excluding tert-OH is 1. The molecule has 2 atom stereocenters. The highest BCUT2D eigenvalue weighted by Crippen LogP contribution is 2.37. The van der Waals surface area contributed by atoms with Crippen LogP contribution in [-0.4, -0.2) is 31.9 Å². The molecule has 1 aliphatic rings. The third kappa shape index (κ3) is 3.53. The SMILES string of the molecule is OCc1nc([C@]2(O)CN[C@@H](c3nc(-c4ccc(C(F)(F)F)cc4)no3)C2)cs1. The third-order valence-corrected chi connectivity index (χ3v) is 5.39. The third-order valence-electron chi connectivity index (χ3n) is 4.56. The Labute approximate surface area is 160 Å². The number of thiazole rings is 1. The standard InChI is InChI=1S/C17H15F3N4O3S/c18-17(19,20)10-3-1-9(2-4-10)14-23-15(27-24-14)11-5-16(26,8-21-11)12-7-28-13(6-25)22-12/h1-4,7,11,21,25-26H,5-6,8H2/t11-,16-/m1/s1. The summed E-state index contributed by atoms with van der Waals surface area (Å²) in [6, 6.07) is 4.04. The van der Waals surface area contributed by atoms with Gasteiger partial charge in [-0.15, -0.1) is 11.3 Å². The van der Waals surface area contributed by atoms with Crippen molar-refractivity contribution in [1.29, 1.82) is 0 Å². The van der Waals surface area contributed by atoms with E-state index in [1.807, 2.05) is 0 Å². The predicted octanol–water partition coefficient (Wildman–Crippen LogP) is 2.63. The van der Waals surface area contributed by atoms with Gasteiger partial charge in [-0.3, -0.25) is 0 Å². The molecule has 7 nitrogen and oxygen atoms in total. The van der Waals surface area contributed by atoms with Crippen molar-refractivity contribution in [3.8, 4) is 11.4 Å². The first kappa shape index (κ1) is 19.0. The number of alkyl halides is 3. The predicted molar refractivity (Wildman–Crippen MR) is 92.0 cm³/mol. The van der Waals surface area contributed by atoms with Gasteiger partial charge in [0.25, 0.3) is 0 Å². The number of benzene rings is 1. The van der Waals surface area contributed by atoms with Gasteiger partial charge in [0.05, 0.1) is 23.9 Å². The zero-order chi connectivity index (χ0) is 19.9. The zero-order valence-corrected chi connectivity index (χ0v) is 15.1. The second-order valence-electron chi connectivity index (χ2n) is 6.49. The number of β-amino-alcohol motifs (C(OH)–C–C–N with tert-alkyl or cyclic N) is 1. The lowest BCUT2D eigenvalue weighted by Gasteiger charge is -2.18. The molecule has 1 aliphatic heterocycles. The van der Waals surface area contributed by atoms with Crippen LogP contribution in [0.15, 0.2) is 34.2 Å². The summed E-state index contributed by atoms with van der Waals surface area (Å²) >= 11 is 1.26. The Morgan fingerprint density at radius 2 is 2.00 bits per heavy atom. The summed E-state index contributed by atoms with van der Waals surface area (Å²) in [7, 11) is 0. The van der Waals surface area contributed by atoms with Crippen LogP contribution >= 0.6 is 11.3 Å². The first-order valence-electron chi connectivity index (χ1n) is 8.31. The van der Waals surface area contributed by atoms with Gasteiger partial charge >= 0.3 is 6.18 Å². The molecule has 0 radical (unpaired) electrons. The molecule has 1 aromatic carbocycles. The van der Waals surface area contributed by atoms with Crippen LogP contribution in [0.5, 0.6) is 0 Å². The number of aromatic nitrogens is 3. The summed E-state index contributed by atoms with van der Waals surface area (Å²) in [6.07, 6.45) is -4.18. The van der Waals surface area contributed by atoms with Gasteiger partial charge < -0.3 is 20.1 Å². The van der Waals surface area contributed by atoms with Crippen molar-refractivity contribution in [2.75, 3.05) is 6.54 Å². The van der Waals surface area contributed by atoms with Crippen molar-refractivity contribution < 1.29 is 27.9 Å². The van der Waals surface area contributed by atoms with Crippen molar-refractivity contribution in [3.63, 3.8) is 0 Å². The molecule has 1 saturated heterocycles. The summed E-state index contributed by atoms with van der Waals surface area (Å²) in [6.45, 7) is 0.0159. The van der Waals surface area contributed by atoms with Gasteiger partial charge in [-0.1, -0.05) is 17.3 Å². The Morgan fingerprint density at radius 1 is 1.25 bits per heavy atom. The monoisotopic (exact) mass is 412 g/mol. The van der Waals surface area contributed by atoms with Gasteiger partial charge in [-0.25, -0.2) is 4.98 Å². The highest BCUT2D eigenvalue weighted by Gasteiger charge is 2.43. The van der Waals surface area contributed by atoms with E-state index in [0.717, 1.165) is 12.1 Å². The normalized spacial score (nSPS) is 22.7. The van der Waals surface area contributed by atoms with E-state index >= 15 is 0 Å². The Bertz CT molecular complexity index is 973. The highest BCUT2D eigenvalue weighted by atomic mass is 32.1. The maximum atomic E-state index is 12.7. The van der Waals surface area contributed by atoms with Crippen LogP contribution in [0, 0.1) is 0 Å². The van der Waals surface area contributed by atoms with Gasteiger partial charge in [0.1, 0.15) is 10.6 Å². The lowest BCUT2D eigenvalue weighted by atomic mass is 9.97. The summed E-state index contributed by atoms with van der Waals surface area (Å²) in [4.78, 5) is 8.46. The van der Waals surface area contributed by atoms with E-state index in [1.165, 1.54) is 23.5 Å². The minimum Gasteiger partial charge on any atom is -0.389 e. The molecule has 4 rings (SSSR count). The molecule has 0 saturated carbocycles. The molecule has 0 spiro atoms. The van der Waals surface area contributed by atoms with E-state index in [9.17, 15) is 18.3 Å². The molecule has 0 bridgehead atoms. The van der Waals surface area contributed by atoms with E-state index in [0.29, 0.717) is 16.3 Å². The van der Waals surface area contributed by atoms with Gasteiger partial charge in [-0.05, 0) is 12.1 Å². The molecular weight excluding hydrogens is 397 g/mol. The quantitative estimate of drug-likeness (QED) is 0.605. The maximum Gasteiger partial charge on any atom is 0.416 e. The molecule has 3 heterocycles. The van der Waals surface area contributed by atoms with Crippen molar-refractivity contribution in [2.45, 2.75) is 30.8 Å². The molecule has 28 heavy (non-hydrogen) atoms. The summed E-state index contributed by atoms with van der Waals surface area (Å²) in [5.74, 6) is 0.389. The van der Waals surface area contributed by atoms with E-state index in [1.54, 1.807) is 5.38 Å². The number of rotatable bonds is 4.